The summed E-state index contributed by atoms with van der Waals surface area (Å²) in [4.78, 5) is 10.6. The second-order valence-electron chi connectivity index (χ2n) is 20.3. The highest BCUT2D eigenvalue weighted by molar-refractivity contribution is 5.98. The van der Waals surface area contributed by atoms with Crippen molar-refractivity contribution >= 4 is 11.0 Å². The van der Waals surface area contributed by atoms with E-state index in [-0.39, 0.29) is 22.0 Å². The zero-order chi connectivity index (χ0) is 45.8. The summed E-state index contributed by atoms with van der Waals surface area (Å²) < 4.78 is 2.27. The highest BCUT2D eigenvalue weighted by Gasteiger charge is 2.35. The van der Waals surface area contributed by atoms with Crippen LogP contribution in [0.25, 0.3) is 83.9 Å². The third-order valence-corrected chi connectivity index (χ3v) is 13.8. The average molecular weight is 850 g/mol. The summed E-state index contributed by atoms with van der Waals surface area (Å²) in [5, 5.41) is 11.9. The molecule has 0 aliphatic rings. The largest absolute Gasteiger partial charge is 0.507 e. The minimum atomic E-state index is -0.147. The first-order valence-corrected chi connectivity index (χ1v) is 22.8. The van der Waals surface area contributed by atoms with Crippen molar-refractivity contribution in [1.29, 1.82) is 0 Å². The Labute approximate surface area is 385 Å². The van der Waals surface area contributed by atoms with Crippen LogP contribution in [0, 0.1) is 19.3 Å². The van der Waals surface area contributed by atoms with Gasteiger partial charge in [-0.05, 0) is 134 Å². The molecule has 9 rings (SSSR count). The number of aryl methyl sites for hydroxylation is 2. The van der Waals surface area contributed by atoms with Gasteiger partial charge in [-0.3, -0.25) is 9.55 Å². The standard InChI is InChI=1S/C61H59N3O/c1-39-32-40(2)57(65)52(33-39)58-63-56-50(22-17-23-55(56)64(58)54-29-28-48(61(9,10)60(6,7)8)38-51(54)44-20-15-12-16-21-44)46-34-47(36-49(35-46)59(3,4)5)53-37-45(30-31-62-53)43-26-24-42(25-27-43)41-18-13-11-14-19-41/h11-38,65H,1-10H3. The zero-order valence-corrected chi connectivity index (χ0v) is 39.5. The highest BCUT2D eigenvalue weighted by Crippen LogP contribution is 2.46. The number of phenolic OH excluding ortho intramolecular Hbond substituents is 1. The van der Waals surface area contributed by atoms with E-state index in [1.807, 2.05) is 25.3 Å². The topological polar surface area (TPSA) is 50.9 Å². The van der Waals surface area contributed by atoms with Crippen LogP contribution in [0.2, 0.25) is 0 Å². The van der Waals surface area contributed by atoms with Gasteiger partial charge in [0.05, 0.1) is 28.0 Å². The lowest BCUT2D eigenvalue weighted by atomic mass is 9.65. The number of hydrogen-bond donors (Lipinski definition) is 1. The van der Waals surface area contributed by atoms with Crippen molar-refractivity contribution in [1.82, 2.24) is 14.5 Å². The first-order chi connectivity index (χ1) is 31.0. The Morgan fingerprint density at radius 2 is 1.11 bits per heavy atom. The molecule has 0 aliphatic heterocycles. The van der Waals surface area contributed by atoms with E-state index in [1.165, 1.54) is 22.3 Å². The molecular formula is C61H59N3O. The van der Waals surface area contributed by atoms with Crippen LogP contribution < -0.4 is 0 Å². The van der Waals surface area contributed by atoms with Gasteiger partial charge in [-0.15, -0.1) is 0 Å². The second-order valence-corrected chi connectivity index (χ2v) is 20.3. The maximum absolute atomic E-state index is 11.9. The average Bonchev–Trinajstić information content (AvgIpc) is 3.69. The quantitative estimate of drug-likeness (QED) is 0.166. The van der Waals surface area contributed by atoms with Crippen molar-refractivity contribution in [3.63, 3.8) is 0 Å². The molecule has 0 amide bonds. The number of nitrogens with zero attached hydrogens (tertiary/aromatic N) is 3. The summed E-state index contributed by atoms with van der Waals surface area (Å²) in [5.41, 5.74) is 18.5. The Kier molecular flexibility index (Phi) is 11.0. The van der Waals surface area contributed by atoms with Crippen molar-refractivity contribution in [2.24, 2.45) is 5.41 Å². The third-order valence-electron chi connectivity index (χ3n) is 13.8. The second kappa shape index (κ2) is 16.5. The molecule has 0 saturated carbocycles. The molecule has 7 aromatic carbocycles. The van der Waals surface area contributed by atoms with Gasteiger partial charge in [0.25, 0.3) is 0 Å². The Balaban J connectivity index is 1.26. The van der Waals surface area contributed by atoms with Gasteiger partial charge >= 0.3 is 0 Å². The number of para-hydroxylation sites is 1. The van der Waals surface area contributed by atoms with Crippen molar-refractivity contribution in [2.45, 2.75) is 80.1 Å². The van der Waals surface area contributed by atoms with Crippen LogP contribution in [-0.4, -0.2) is 19.6 Å². The van der Waals surface area contributed by atoms with Crippen molar-refractivity contribution in [2.75, 3.05) is 0 Å². The molecule has 2 heterocycles. The van der Waals surface area contributed by atoms with Crippen molar-refractivity contribution in [3.05, 3.63) is 192 Å². The van der Waals surface area contributed by atoms with E-state index >= 15 is 0 Å². The van der Waals surface area contributed by atoms with Crippen molar-refractivity contribution < 1.29 is 5.11 Å². The molecule has 0 aliphatic carbocycles. The van der Waals surface area contributed by atoms with Crippen LogP contribution in [0.1, 0.15) is 77.6 Å². The fourth-order valence-electron chi connectivity index (χ4n) is 8.91. The number of pyridine rings is 1. The van der Waals surface area contributed by atoms with Crippen LogP contribution in [0.4, 0.5) is 0 Å². The lowest BCUT2D eigenvalue weighted by Gasteiger charge is -2.40. The van der Waals surface area contributed by atoms with Gasteiger partial charge in [-0.1, -0.05) is 171 Å². The molecule has 1 N–H and O–H groups in total. The van der Waals surface area contributed by atoms with Gasteiger partial charge in [0, 0.05) is 22.9 Å². The molecule has 0 radical (unpaired) electrons. The smallest absolute Gasteiger partial charge is 0.149 e. The first-order valence-electron chi connectivity index (χ1n) is 22.8. The van der Waals surface area contributed by atoms with Crippen LogP contribution >= 0.6 is 0 Å². The van der Waals surface area contributed by atoms with Gasteiger partial charge in [0.15, 0.2) is 0 Å². The van der Waals surface area contributed by atoms with E-state index in [0.717, 1.165) is 72.5 Å². The molecular weight excluding hydrogens is 791 g/mol. The molecule has 0 bridgehead atoms. The number of fused-ring (bicyclic) bond motifs is 1. The van der Waals surface area contributed by atoms with Crippen LogP contribution in [-0.2, 0) is 10.8 Å². The normalized spacial score (nSPS) is 12.2. The predicted molar refractivity (Wildman–Crippen MR) is 274 cm³/mol. The first kappa shape index (κ1) is 43.2. The van der Waals surface area contributed by atoms with E-state index in [0.29, 0.717) is 11.4 Å². The maximum atomic E-state index is 11.9. The van der Waals surface area contributed by atoms with E-state index in [2.05, 4.69) is 219 Å². The number of hydrogen-bond acceptors (Lipinski definition) is 3. The fourth-order valence-corrected chi connectivity index (χ4v) is 8.91. The summed E-state index contributed by atoms with van der Waals surface area (Å²) in [6, 6.07) is 58.6. The van der Waals surface area contributed by atoms with Crippen LogP contribution in [0.15, 0.2) is 170 Å². The van der Waals surface area contributed by atoms with Gasteiger partial charge < -0.3 is 5.11 Å². The monoisotopic (exact) mass is 849 g/mol. The zero-order valence-electron chi connectivity index (χ0n) is 39.5. The molecule has 0 saturated heterocycles. The Hall–Kier alpha value is -7.04. The molecule has 0 atom stereocenters. The molecule has 0 spiro atoms. The molecule has 4 nitrogen and oxygen atoms in total. The molecule has 0 fully saturated rings. The highest BCUT2D eigenvalue weighted by atomic mass is 16.3. The molecule has 2 aromatic heterocycles. The van der Waals surface area contributed by atoms with Crippen LogP contribution in [0.3, 0.4) is 0 Å². The van der Waals surface area contributed by atoms with Gasteiger partial charge in [0.1, 0.15) is 11.6 Å². The maximum Gasteiger partial charge on any atom is 0.149 e. The number of imidazole rings is 1. The number of aromatic nitrogens is 3. The number of benzene rings is 7. The Morgan fingerprint density at radius 3 is 1.77 bits per heavy atom. The summed E-state index contributed by atoms with van der Waals surface area (Å²) in [5.74, 6) is 0.926. The minimum absolute atomic E-state index is 0.0144. The lowest BCUT2D eigenvalue weighted by Crippen LogP contribution is -2.34. The summed E-state index contributed by atoms with van der Waals surface area (Å²) in [6.07, 6.45) is 1.92. The molecule has 4 heteroatoms. The van der Waals surface area contributed by atoms with E-state index < -0.39 is 0 Å². The summed E-state index contributed by atoms with van der Waals surface area (Å²) >= 11 is 0. The molecule has 0 unspecified atom stereocenters. The van der Waals surface area contributed by atoms with Crippen molar-refractivity contribution in [3.8, 4) is 78.6 Å². The van der Waals surface area contributed by atoms with E-state index in [9.17, 15) is 5.11 Å². The summed E-state index contributed by atoms with van der Waals surface area (Å²) in [7, 11) is 0. The third kappa shape index (κ3) is 8.19. The van der Waals surface area contributed by atoms with Gasteiger partial charge in [0.2, 0.25) is 0 Å². The summed E-state index contributed by atoms with van der Waals surface area (Å²) in [6.45, 7) is 22.4. The van der Waals surface area contributed by atoms with Gasteiger partial charge in [-0.25, -0.2) is 4.98 Å². The van der Waals surface area contributed by atoms with Crippen LogP contribution in [0.5, 0.6) is 5.75 Å². The number of rotatable bonds is 8. The Bertz CT molecular complexity index is 3200. The minimum Gasteiger partial charge on any atom is -0.507 e. The predicted octanol–water partition coefficient (Wildman–Crippen LogP) is 16.4. The molecule has 9 aromatic rings. The molecule has 324 valence electrons. The SMILES string of the molecule is Cc1cc(C)c(O)c(-c2nc3c(-c4cc(-c5cc(-c6ccc(-c7ccccc7)cc6)ccn5)cc(C(C)(C)C)c4)cccc3n2-c2ccc(C(C)(C)C(C)(C)C)cc2-c2ccccc2)c1. The number of aromatic hydroxyl groups is 1. The van der Waals surface area contributed by atoms with E-state index in [4.69, 9.17) is 9.97 Å². The fraction of sp³-hybridized carbons (Fsp3) is 0.213. The lowest BCUT2D eigenvalue weighted by molar-refractivity contribution is 0.225. The number of phenols is 1. The molecule has 65 heavy (non-hydrogen) atoms. The van der Waals surface area contributed by atoms with Gasteiger partial charge in [-0.2, -0.15) is 0 Å². The van der Waals surface area contributed by atoms with E-state index in [1.54, 1.807) is 0 Å². The Morgan fingerprint density at radius 1 is 0.477 bits per heavy atom.